The van der Waals surface area contributed by atoms with Crippen molar-refractivity contribution in [1.29, 1.82) is 0 Å². The van der Waals surface area contributed by atoms with Crippen LogP contribution in [0.4, 0.5) is 5.69 Å². The Morgan fingerprint density at radius 3 is 2.37 bits per heavy atom. The van der Waals surface area contributed by atoms with Gasteiger partial charge in [0.1, 0.15) is 5.82 Å². The van der Waals surface area contributed by atoms with Crippen molar-refractivity contribution in [3.63, 3.8) is 0 Å². The fourth-order valence-corrected chi connectivity index (χ4v) is 6.19. The van der Waals surface area contributed by atoms with E-state index in [0.29, 0.717) is 11.5 Å². The van der Waals surface area contributed by atoms with Crippen molar-refractivity contribution < 1.29 is 25.8 Å². The molecule has 0 atom stereocenters. The molecule has 0 unspecified atom stereocenters. The fraction of sp³-hybridized carbons (Fsp3) is 0.289. The maximum absolute atomic E-state index is 6.62. The first kappa shape index (κ1) is 31.9. The molecule has 8 heteroatoms. The van der Waals surface area contributed by atoms with Crippen molar-refractivity contribution >= 4 is 33.1 Å². The van der Waals surface area contributed by atoms with Crippen LogP contribution in [0.5, 0.6) is 11.5 Å². The van der Waals surface area contributed by atoms with Crippen molar-refractivity contribution in [2.75, 3.05) is 11.9 Å². The molecule has 0 radical (unpaired) electrons. The first-order valence-corrected chi connectivity index (χ1v) is 15.6. The topological polar surface area (TPSA) is 50.8 Å². The molecule has 240 valence electrons. The number of rotatable bonds is 6. The summed E-state index contributed by atoms with van der Waals surface area (Å²) in [4.78, 5) is 14.0. The van der Waals surface area contributed by atoms with Crippen molar-refractivity contribution in [1.82, 2.24) is 23.8 Å². The van der Waals surface area contributed by atoms with Gasteiger partial charge in [-0.2, -0.15) is 12.7 Å². The van der Waals surface area contributed by atoms with E-state index in [1.54, 1.807) is 0 Å². The van der Waals surface area contributed by atoms with Crippen LogP contribution in [0.3, 0.4) is 0 Å². The third-order valence-electron chi connectivity index (χ3n) is 8.41. The summed E-state index contributed by atoms with van der Waals surface area (Å²) in [7, 11) is 2.01. The molecule has 2 aromatic carbocycles. The number of benzene rings is 2. The van der Waals surface area contributed by atoms with E-state index in [1.165, 1.54) is 11.3 Å². The Morgan fingerprint density at radius 1 is 0.891 bits per heavy atom. The van der Waals surface area contributed by atoms with Crippen molar-refractivity contribution in [2.45, 2.75) is 65.7 Å². The van der Waals surface area contributed by atoms with Crippen molar-refractivity contribution in [2.24, 2.45) is 0 Å². The molecule has 1 aliphatic heterocycles. The number of fused-ring (bicyclic) bond motifs is 4. The zero-order valence-corrected chi connectivity index (χ0v) is 29.8. The Morgan fingerprint density at radius 2 is 1.67 bits per heavy atom. The van der Waals surface area contributed by atoms with Crippen LogP contribution in [0.1, 0.15) is 77.3 Å². The van der Waals surface area contributed by atoms with E-state index < -0.39 is 0 Å². The third kappa shape index (κ3) is 5.49. The van der Waals surface area contributed by atoms with Gasteiger partial charge >= 0.3 is 0 Å². The molecule has 0 saturated heterocycles. The van der Waals surface area contributed by atoms with E-state index in [-0.39, 0.29) is 38.3 Å². The van der Waals surface area contributed by atoms with Gasteiger partial charge in [0.05, 0.1) is 0 Å². The third-order valence-corrected chi connectivity index (χ3v) is 8.41. The Balaban J connectivity index is 0.00000372. The molecular formula is C38H39N6OPt-3. The van der Waals surface area contributed by atoms with Crippen LogP contribution in [0.25, 0.3) is 33.3 Å². The summed E-state index contributed by atoms with van der Waals surface area (Å²) in [6, 6.07) is 24.0. The van der Waals surface area contributed by atoms with Crippen molar-refractivity contribution in [3.05, 3.63) is 109 Å². The van der Waals surface area contributed by atoms with E-state index in [2.05, 4.69) is 112 Å². The minimum absolute atomic E-state index is 0. The van der Waals surface area contributed by atoms with Crippen LogP contribution in [0, 0.1) is 18.8 Å². The summed E-state index contributed by atoms with van der Waals surface area (Å²) in [6.07, 6.45) is 7.94. The average molecular weight is 791 g/mol. The van der Waals surface area contributed by atoms with Crippen LogP contribution in [-0.4, -0.2) is 30.9 Å². The second kappa shape index (κ2) is 11.9. The van der Waals surface area contributed by atoms with Gasteiger partial charge in [0.2, 0.25) is 0 Å². The normalized spacial score (nSPS) is 13.6. The summed E-state index contributed by atoms with van der Waals surface area (Å²) < 4.78 is 11.0. The van der Waals surface area contributed by atoms with E-state index in [1.807, 2.05) is 54.4 Å². The number of nitrogens with zero attached hydrogens (tertiary/aromatic N) is 6. The first-order valence-electron chi connectivity index (χ1n) is 15.6. The number of hydrogen-bond acceptors (Lipinski definition) is 5. The predicted octanol–water partition coefficient (Wildman–Crippen LogP) is 9.10. The van der Waals surface area contributed by atoms with Crippen LogP contribution in [0.2, 0.25) is 0 Å². The Labute approximate surface area is 285 Å². The van der Waals surface area contributed by atoms with Crippen LogP contribution < -0.4 is 9.64 Å². The first-order chi connectivity index (χ1) is 21.5. The number of imidazole rings is 1. The van der Waals surface area contributed by atoms with Gasteiger partial charge in [0.15, 0.2) is 0 Å². The quantitative estimate of drug-likeness (QED) is 0.158. The van der Waals surface area contributed by atoms with E-state index >= 15 is 0 Å². The molecular weight excluding hydrogens is 752 g/mol. The summed E-state index contributed by atoms with van der Waals surface area (Å²) in [6.45, 7) is 17.5. The Kier molecular flexibility index (Phi) is 8.26. The molecule has 7 rings (SSSR count). The molecule has 0 saturated carbocycles. The standard InChI is InChI=1S/C38H39N6O.Pt/c1-24(2)35-36(25(3)4)43-22-28(21-33(37(43)40-35)42-18-17-41(8)23-42)45-27-13-14-30-29-11-9-10-12-31(29)44(32(30)20-27)34-19-26(15-16-39-34)38(5,6)7;/h9-19,22-25H,1-8H3;/q-3;. The van der Waals surface area contributed by atoms with Crippen LogP contribution >= 0.6 is 0 Å². The molecule has 0 spiro atoms. The number of pyridine rings is 2. The predicted molar refractivity (Wildman–Crippen MR) is 182 cm³/mol. The Bertz CT molecular complexity index is 2100. The van der Waals surface area contributed by atoms with Crippen LogP contribution in [-0.2, 0) is 26.5 Å². The minimum Gasteiger partial charge on any atom is -0.510 e. The molecule has 0 fully saturated rings. The number of para-hydroxylation sites is 1. The summed E-state index contributed by atoms with van der Waals surface area (Å²) in [5, 5.41) is 2.24. The molecule has 5 heterocycles. The number of ether oxygens (including phenoxy) is 1. The molecule has 0 aliphatic carbocycles. The number of hydrogen-bond donors (Lipinski definition) is 0. The smallest absolute Gasteiger partial charge is 0.135 e. The molecule has 7 nitrogen and oxygen atoms in total. The van der Waals surface area contributed by atoms with Gasteiger partial charge in [-0.1, -0.05) is 84.1 Å². The average Bonchev–Trinajstić information content (AvgIpc) is 3.70. The van der Waals surface area contributed by atoms with Crippen molar-refractivity contribution in [3.8, 4) is 17.3 Å². The molecule has 46 heavy (non-hydrogen) atoms. The van der Waals surface area contributed by atoms with Gasteiger partial charge in [0, 0.05) is 61.3 Å². The second-order valence-electron chi connectivity index (χ2n) is 13.5. The minimum atomic E-state index is -0.00498. The summed E-state index contributed by atoms with van der Waals surface area (Å²) in [5.74, 6) is 2.61. The second-order valence-corrected chi connectivity index (χ2v) is 13.5. The largest absolute Gasteiger partial charge is 0.510 e. The van der Waals surface area contributed by atoms with Gasteiger partial charge in [-0.3, -0.25) is 4.98 Å². The van der Waals surface area contributed by atoms with Gasteiger partial charge in [-0.05, 0) is 65.8 Å². The zero-order valence-electron chi connectivity index (χ0n) is 27.6. The van der Waals surface area contributed by atoms with Gasteiger partial charge in [0.25, 0.3) is 0 Å². The maximum atomic E-state index is 6.62. The number of anilines is 1. The summed E-state index contributed by atoms with van der Waals surface area (Å²) >= 11 is 0. The molecule has 0 bridgehead atoms. The van der Waals surface area contributed by atoms with Gasteiger partial charge in [-0.25, -0.2) is 4.98 Å². The number of aromatic nitrogens is 4. The molecule has 1 aliphatic rings. The molecule has 0 amide bonds. The monoisotopic (exact) mass is 790 g/mol. The van der Waals surface area contributed by atoms with Gasteiger partial charge in [-0.15, -0.1) is 23.6 Å². The van der Waals surface area contributed by atoms with Crippen LogP contribution in [0.15, 0.2) is 73.3 Å². The van der Waals surface area contributed by atoms with Gasteiger partial charge < -0.3 is 23.5 Å². The molecule has 0 N–H and O–H groups in total. The summed E-state index contributed by atoms with van der Waals surface area (Å²) in [5.41, 5.74) is 7.18. The zero-order chi connectivity index (χ0) is 31.6. The fourth-order valence-electron chi connectivity index (χ4n) is 6.19. The van der Waals surface area contributed by atoms with E-state index in [4.69, 9.17) is 14.7 Å². The molecule has 4 aromatic heterocycles. The molecule has 6 aromatic rings. The van der Waals surface area contributed by atoms with E-state index in [9.17, 15) is 0 Å². The maximum Gasteiger partial charge on any atom is 0.135 e. The van der Waals surface area contributed by atoms with E-state index in [0.717, 1.165) is 44.7 Å². The SMILES string of the molecule is CC(C)c1nc2c(N3C=CN(C)[CH-]3)[c-]c(Oc3[c-]c4c(cc3)c3ccccc3n4-c3cc(C(C)(C)C)ccn3)cn2c1C(C)C.[Pt]. The Hall–Kier alpha value is -4.09.